The fraction of sp³-hybridized carbons (Fsp3) is 0.800. The number of rotatable bonds is 0. The Bertz CT molecular complexity index is 180. The molecule has 10 heavy (non-hydrogen) atoms. The van der Waals surface area contributed by atoms with Gasteiger partial charge in [-0.25, -0.2) is 0 Å². The third-order valence-electron chi connectivity index (χ3n) is 3.72. The molecular weight excluding hydrogens is 120 g/mol. The molecule has 1 fully saturated rings. The van der Waals surface area contributed by atoms with Crippen LogP contribution in [-0.4, -0.2) is 0 Å². The molecule has 3 aliphatic carbocycles. The lowest BCUT2D eigenvalue weighted by Gasteiger charge is -2.33. The summed E-state index contributed by atoms with van der Waals surface area (Å²) in [6.45, 7) is 0. The molecule has 0 aromatic heterocycles. The largest absolute Gasteiger partial charge is 0.0670 e. The van der Waals surface area contributed by atoms with Crippen LogP contribution in [0, 0.1) is 11.8 Å². The monoisotopic (exact) mass is 134 g/mol. The highest BCUT2D eigenvalue weighted by molar-refractivity contribution is 5.37. The average molecular weight is 134 g/mol. The maximum absolute atomic E-state index is 1.91. The van der Waals surface area contributed by atoms with Crippen LogP contribution in [0.4, 0.5) is 0 Å². The quantitative estimate of drug-likeness (QED) is 0.447. The van der Waals surface area contributed by atoms with Gasteiger partial charge in [0.15, 0.2) is 0 Å². The van der Waals surface area contributed by atoms with Gasteiger partial charge >= 0.3 is 0 Å². The molecule has 0 heterocycles. The van der Waals surface area contributed by atoms with Crippen molar-refractivity contribution in [3.8, 4) is 0 Å². The van der Waals surface area contributed by atoms with E-state index >= 15 is 0 Å². The fourth-order valence-electron chi connectivity index (χ4n) is 3.34. The number of hydrogen-bond acceptors (Lipinski definition) is 0. The third kappa shape index (κ3) is 0.457. The smallest absolute Gasteiger partial charge is 0.0135 e. The lowest BCUT2D eigenvalue weighted by molar-refractivity contribution is 0.426. The molecule has 0 saturated heterocycles. The molecule has 0 spiro atoms. The first kappa shape index (κ1) is 5.40. The second kappa shape index (κ2) is 1.66. The summed E-state index contributed by atoms with van der Waals surface area (Å²) in [5.74, 6) is 2.19. The predicted octanol–water partition coefficient (Wildman–Crippen LogP) is 2.90. The SMILES string of the molecule is C1CC2=C(C1)C1CCCC21. The molecule has 3 aliphatic rings. The molecule has 0 nitrogen and oxygen atoms in total. The summed E-state index contributed by atoms with van der Waals surface area (Å²) >= 11 is 0. The molecule has 54 valence electrons. The van der Waals surface area contributed by atoms with Crippen LogP contribution >= 0.6 is 0 Å². The van der Waals surface area contributed by atoms with Crippen LogP contribution in [0.15, 0.2) is 11.1 Å². The van der Waals surface area contributed by atoms with E-state index in [2.05, 4.69) is 0 Å². The molecule has 0 aromatic rings. The zero-order chi connectivity index (χ0) is 6.55. The molecule has 3 rings (SSSR count). The lowest BCUT2D eigenvalue weighted by atomic mass is 9.71. The maximum atomic E-state index is 1.91. The number of fused-ring (bicyclic) bond motifs is 3. The van der Waals surface area contributed by atoms with E-state index in [1.807, 2.05) is 11.1 Å². The minimum absolute atomic E-state index is 1.09. The van der Waals surface area contributed by atoms with E-state index in [1.54, 1.807) is 0 Å². The topological polar surface area (TPSA) is 0 Å². The molecule has 0 N–H and O–H groups in total. The summed E-state index contributed by atoms with van der Waals surface area (Å²) in [4.78, 5) is 0. The van der Waals surface area contributed by atoms with E-state index in [4.69, 9.17) is 0 Å². The van der Waals surface area contributed by atoms with Gasteiger partial charge in [-0.1, -0.05) is 17.6 Å². The van der Waals surface area contributed by atoms with Gasteiger partial charge in [-0.2, -0.15) is 0 Å². The van der Waals surface area contributed by atoms with Crippen LogP contribution in [-0.2, 0) is 0 Å². The van der Waals surface area contributed by atoms with Gasteiger partial charge in [-0.3, -0.25) is 0 Å². The van der Waals surface area contributed by atoms with Crippen LogP contribution in [0.2, 0.25) is 0 Å². The minimum atomic E-state index is 1.09. The standard InChI is InChI=1S/C10H14/c1-3-7-8(4-1)10-6-2-5-9(7)10/h7-8H,1-6H2. The van der Waals surface area contributed by atoms with Crippen molar-refractivity contribution in [1.29, 1.82) is 0 Å². The van der Waals surface area contributed by atoms with E-state index in [-0.39, 0.29) is 0 Å². The van der Waals surface area contributed by atoms with Crippen molar-refractivity contribution < 1.29 is 0 Å². The third-order valence-corrected chi connectivity index (χ3v) is 3.72. The molecular formula is C10H14. The van der Waals surface area contributed by atoms with Gasteiger partial charge in [0.1, 0.15) is 0 Å². The van der Waals surface area contributed by atoms with Crippen LogP contribution in [0.1, 0.15) is 38.5 Å². The molecule has 0 aromatic carbocycles. The first-order chi connectivity index (χ1) is 4.97. The zero-order valence-corrected chi connectivity index (χ0v) is 6.40. The Hall–Kier alpha value is -0.260. The van der Waals surface area contributed by atoms with Crippen molar-refractivity contribution in [3.05, 3.63) is 11.1 Å². The van der Waals surface area contributed by atoms with Gasteiger partial charge in [-0.05, 0) is 43.9 Å². The second-order valence-electron chi connectivity index (χ2n) is 4.05. The van der Waals surface area contributed by atoms with E-state index in [0.717, 1.165) is 11.8 Å². The molecule has 1 saturated carbocycles. The van der Waals surface area contributed by atoms with E-state index < -0.39 is 0 Å². The van der Waals surface area contributed by atoms with Crippen LogP contribution in [0.3, 0.4) is 0 Å². The van der Waals surface area contributed by atoms with Crippen molar-refractivity contribution in [3.63, 3.8) is 0 Å². The lowest BCUT2D eigenvalue weighted by Crippen LogP contribution is -2.22. The van der Waals surface area contributed by atoms with Crippen molar-refractivity contribution in [1.82, 2.24) is 0 Å². The Morgan fingerprint density at radius 3 is 2.00 bits per heavy atom. The van der Waals surface area contributed by atoms with E-state index in [9.17, 15) is 0 Å². The first-order valence-corrected chi connectivity index (χ1v) is 4.68. The molecule has 0 radical (unpaired) electrons. The van der Waals surface area contributed by atoms with Crippen LogP contribution < -0.4 is 0 Å². The Labute approximate surface area is 62.3 Å². The van der Waals surface area contributed by atoms with Crippen LogP contribution in [0.25, 0.3) is 0 Å². The van der Waals surface area contributed by atoms with Gasteiger partial charge in [-0.15, -0.1) is 0 Å². The normalized spacial score (nSPS) is 43.2. The Balaban J connectivity index is 1.97. The minimum Gasteiger partial charge on any atom is -0.0670 e. The van der Waals surface area contributed by atoms with Gasteiger partial charge in [0.05, 0.1) is 0 Å². The average Bonchev–Trinajstić information content (AvgIpc) is 2.42. The van der Waals surface area contributed by atoms with Crippen molar-refractivity contribution in [2.75, 3.05) is 0 Å². The highest BCUT2D eigenvalue weighted by Gasteiger charge is 2.44. The molecule has 0 heteroatoms. The highest BCUT2D eigenvalue weighted by Crippen LogP contribution is 2.57. The maximum Gasteiger partial charge on any atom is -0.0135 e. The second-order valence-corrected chi connectivity index (χ2v) is 4.05. The molecule has 0 aliphatic heterocycles. The molecule has 2 unspecified atom stereocenters. The van der Waals surface area contributed by atoms with E-state index in [1.165, 1.54) is 38.5 Å². The number of allylic oxidation sites excluding steroid dienone is 2. The van der Waals surface area contributed by atoms with Crippen LogP contribution in [0.5, 0.6) is 0 Å². The summed E-state index contributed by atoms with van der Waals surface area (Å²) in [5, 5.41) is 0. The summed E-state index contributed by atoms with van der Waals surface area (Å²) < 4.78 is 0. The number of hydrogen-bond donors (Lipinski definition) is 0. The summed E-state index contributed by atoms with van der Waals surface area (Å²) in [6.07, 6.45) is 9.00. The zero-order valence-electron chi connectivity index (χ0n) is 6.40. The summed E-state index contributed by atoms with van der Waals surface area (Å²) in [5.41, 5.74) is 3.81. The fourth-order valence-corrected chi connectivity index (χ4v) is 3.34. The Morgan fingerprint density at radius 2 is 1.40 bits per heavy atom. The van der Waals surface area contributed by atoms with Crippen molar-refractivity contribution >= 4 is 0 Å². The summed E-state index contributed by atoms with van der Waals surface area (Å²) in [7, 11) is 0. The van der Waals surface area contributed by atoms with Gasteiger partial charge in [0, 0.05) is 0 Å². The Kier molecular flexibility index (Phi) is 0.898. The predicted molar refractivity (Wildman–Crippen MR) is 41.7 cm³/mol. The molecule has 2 atom stereocenters. The highest BCUT2D eigenvalue weighted by atomic mass is 14.5. The molecule has 0 amide bonds. The summed E-state index contributed by atoms with van der Waals surface area (Å²) in [6, 6.07) is 0. The molecule has 0 bridgehead atoms. The van der Waals surface area contributed by atoms with Gasteiger partial charge < -0.3 is 0 Å². The van der Waals surface area contributed by atoms with Gasteiger partial charge in [0.25, 0.3) is 0 Å². The Morgan fingerprint density at radius 1 is 0.800 bits per heavy atom. The van der Waals surface area contributed by atoms with Gasteiger partial charge in [0.2, 0.25) is 0 Å². The first-order valence-electron chi connectivity index (χ1n) is 4.68. The van der Waals surface area contributed by atoms with Crippen molar-refractivity contribution in [2.45, 2.75) is 38.5 Å². The van der Waals surface area contributed by atoms with E-state index in [0.29, 0.717) is 0 Å². The van der Waals surface area contributed by atoms with Crippen molar-refractivity contribution in [2.24, 2.45) is 11.8 Å².